The number of ether oxygens (including phenoxy) is 2. The third-order valence-corrected chi connectivity index (χ3v) is 6.13. The molecular formula is C22H21N3O5S. The number of hydrogen-bond donors (Lipinski definition) is 1. The highest BCUT2D eigenvalue weighted by Crippen LogP contribution is 2.38. The minimum Gasteiger partial charge on any atom is -0.495 e. The zero-order valence-electron chi connectivity index (χ0n) is 17.0. The van der Waals surface area contributed by atoms with Gasteiger partial charge in [0.05, 0.1) is 23.3 Å². The first kappa shape index (κ1) is 20.7. The summed E-state index contributed by atoms with van der Waals surface area (Å²) in [5, 5.41) is 0. The predicted molar refractivity (Wildman–Crippen MR) is 117 cm³/mol. The number of benzene rings is 2. The maximum Gasteiger partial charge on any atom is 0.263 e. The van der Waals surface area contributed by atoms with Crippen LogP contribution in [0.5, 0.6) is 17.2 Å². The number of sulfonamides is 1. The number of aromatic nitrogens is 1. The van der Waals surface area contributed by atoms with E-state index in [1.54, 1.807) is 42.6 Å². The maximum atomic E-state index is 13.3. The molecule has 2 heterocycles. The number of hydrogen-bond acceptors (Lipinski definition) is 6. The Kier molecular flexibility index (Phi) is 5.51. The van der Waals surface area contributed by atoms with Crippen molar-refractivity contribution in [3.63, 3.8) is 0 Å². The molecule has 160 valence electrons. The number of nitrogens with one attached hydrogen (secondary N) is 1. The van der Waals surface area contributed by atoms with E-state index in [4.69, 9.17) is 9.47 Å². The molecule has 0 radical (unpaired) electrons. The van der Waals surface area contributed by atoms with Crippen LogP contribution in [0.25, 0.3) is 0 Å². The molecule has 8 nitrogen and oxygen atoms in total. The van der Waals surface area contributed by atoms with Crippen LogP contribution in [0.1, 0.15) is 23.7 Å². The Morgan fingerprint density at radius 1 is 1.10 bits per heavy atom. The number of nitrogens with zero attached hydrogens (tertiary/aromatic N) is 2. The number of fused-ring (bicyclic) bond motifs is 2. The molecule has 1 aromatic heterocycles. The fourth-order valence-electron chi connectivity index (χ4n) is 3.32. The van der Waals surface area contributed by atoms with Crippen molar-refractivity contribution < 1.29 is 22.7 Å². The minimum atomic E-state index is -3.98. The molecule has 4 rings (SSSR count). The summed E-state index contributed by atoms with van der Waals surface area (Å²) < 4.78 is 39.7. The number of carbonyl (C=O) groups is 1. The lowest BCUT2D eigenvalue weighted by Gasteiger charge is -2.20. The molecule has 0 saturated heterocycles. The van der Waals surface area contributed by atoms with Crippen LogP contribution in [0.2, 0.25) is 0 Å². The van der Waals surface area contributed by atoms with Crippen LogP contribution >= 0.6 is 0 Å². The third-order valence-electron chi connectivity index (χ3n) is 4.76. The summed E-state index contributed by atoms with van der Waals surface area (Å²) in [6, 6.07) is 14.3. The lowest BCUT2D eigenvalue weighted by Crippen LogP contribution is -2.31. The van der Waals surface area contributed by atoms with Gasteiger partial charge in [-0.2, -0.15) is 0 Å². The number of para-hydroxylation sites is 2. The Morgan fingerprint density at radius 2 is 1.90 bits per heavy atom. The van der Waals surface area contributed by atoms with Crippen LogP contribution in [-0.2, 0) is 10.0 Å². The van der Waals surface area contributed by atoms with E-state index in [-0.39, 0.29) is 22.1 Å². The van der Waals surface area contributed by atoms with Crippen molar-refractivity contribution in [3.8, 4) is 17.2 Å². The van der Waals surface area contributed by atoms with Gasteiger partial charge < -0.3 is 9.47 Å². The van der Waals surface area contributed by atoms with Crippen molar-refractivity contribution in [3.05, 3.63) is 66.4 Å². The van der Waals surface area contributed by atoms with E-state index in [0.29, 0.717) is 36.0 Å². The summed E-state index contributed by atoms with van der Waals surface area (Å²) in [5.74, 6) is 1.13. The van der Waals surface area contributed by atoms with Gasteiger partial charge in [0.1, 0.15) is 11.5 Å². The second-order valence-corrected chi connectivity index (χ2v) is 8.53. The molecule has 0 spiro atoms. The number of rotatable bonds is 6. The maximum absolute atomic E-state index is 13.3. The van der Waals surface area contributed by atoms with Crippen LogP contribution in [-0.4, -0.2) is 33.0 Å². The Bertz CT molecular complexity index is 1240. The fraction of sp³-hybridized carbons (Fsp3) is 0.182. The molecule has 0 aliphatic carbocycles. The molecular weight excluding hydrogens is 418 g/mol. The van der Waals surface area contributed by atoms with E-state index in [1.807, 2.05) is 6.92 Å². The second kappa shape index (κ2) is 8.27. The summed E-state index contributed by atoms with van der Waals surface area (Å²) in [7, 11) is -2.53. The first-order valence-electron chi connectivity index (χ1n) is 9.69. The fourth-order valence-corrected chi connectivity index (χ4v) is 4.42. The van der Waals surface area contributed by atoms with Gasteiger partial charge in [-0.05, 0) is 48.9 Å². The van der Waals surface area contributed by atoms with Gasteiger partial charge >= 0.3 is 0 Å². The van der Waals surface area contributed by atoms with Crippen LogP contribution in [0.15, 0.2) is 65.7 Å². The predicted octanol–water partition coefficient (Wildman–Crippen LogP) is 4.05. The first-order chi connectivity index (χ1) is 14.9. The highest BCUT2D eigenvalue weighted by atomic mass is 32.2. The van der Waals surface area contributed by atoms with Crippen molar-refractivity contribution in [1.82, 2.24) is 4.98 Å². The molecule has 1 N–H and O–H groups in total. The van der Waals surface area contributed by atoms with Crippen LogP contribution in [0.3, 0.4) is 0 Å². The number of carbonyl (C=O) groups excluding carboxylic acids is 1. The molecule has 1 aliphatic heterocycles. The van der Waals surface area contributed by atoms with E-state index in [1.165, 1.54) is 30.2 Å². The highest BCUT2D eigenvalue weighted by molar-refractivity contribution is 7.92. The standard InChI is InChI=1S/C22H21N3O5S/c1-3-13-25-21-20(9-6-12-23-21)30-18-11-10-15(14-16(18)22(25)26)31(27,28)24-17-7-4-5-8-19(17)29-2/h4-12,14,24H,3,13H2,1-2H3. The Balaban J connectivity index is 1.75. The summed E-state index contributed by atoms with van der Waals surface area (Å²) in [6.45, 7) is 2.36. The van der Waals surface area contributed by atoms with E-state index < -0.39 is 10.0 Å². The van der Waals surface area contributed by atoms with Crippen LogP contribution < -0.4 is 19.1 Å². The number of pyridine rings is 1. The zero-order chi connectivity index (χ0) is 22.0. The van der Waals surface area contributed by atoms with E-state index >= 15 is 0 Å². The minimum absolute atomic E-state index is 0.0653. The molecule has 0 fully saturated rings. The van der Waals surface area contributed by atoms with Gasteiger partial charge in [-0.25, -0.2) is 13.4 Å². The van der Waals surface area contributed by atoms with Gasteiger partial charge in [-0.3, -0.25) is 14.4 Å². The van der Waals surface area contributed by atoms with Crippen molar-refractivity contribution >= 4 is 27.4 Å². The summed E-state index contributed by atoms with van der Waals surface area (Å²) in [4.78, 5) is 19.0. The van der Waals surface area contributed by atoms with Crippen LogP contribution in [0.4, 0.5) is 11.5 Å². The Labute approximate surface area is 180 Å². The number of methoxy groups -OCH3 is 1. The quantitative estimate of drug-likeness (QED) is 0.622. The summed E-state index contributed by atoms with van der Waals surface area (Å²) in [6.07, 6.45) is 2.28. The van der Waals surface area contributed by atoms with Crippen molar-refractivity contribution in [2.24, 2.45) is 0 Å². The molecule has 0 atom stereocenters. The Morgan fingerprint density at radius 3 is 2.68 bits per heavy atom. The molecule has 0 saturated carbocycles. The largest absolute Gasteiger partial charge is 0.495 e. The van der Waals surface area contributed by atoms with E-state index in [9.17, 15) is 13.2 Å². The lowest BCUT2D eigenvalue weighted by molar-refractivity contribution is 0.0986. The molecule has 0 unspecified atom stereocenters. The highest BCUT2D eigenvalue weighted by Gasteiger charge is 2.30. The number of amides is 1. The van der Waals surface area contributed by atoms with Crippen molar-refractivity contribution in [2.45, 2.75) is 18.2 Å². The van der Waals surface area contributed by atoms with Crippen molar-refractivity contribution in [2.75, 3.05) is 23.3 Å². The normalized spacial score (nSPS) is 13.0. The van der Waals surface area contributed by atoms with Crippen LogP contribution in [0, 0.1) is 0 Å². The van der Waals surface area contributed by atoms with Crippen molar-refractivity contribution in [1.29, 1.82) is 0 Å². The molecule has 1 amide bonds. The van der Waals surface area contributed by atoms with Gasteiger partial charge in [-0.15, -0.1) is 0 Å². The van der Waals surface area contributed by atoms with Gasteiger partial charge in [0.2, 0.25) is 0 Å². The summed E-state index contributed by atoms with van der Waals surface area (Å²) >= 11 is 0. The topological polar surface area (TPSA) is 97.8 Å². The first-order valence-corrected chi connectivity index (χ1v) is 11.2. The third kappa shape index (κ3) is 3.91. The van der Waals surface area contributed by atoms with E-state index in [0.717, 1.165) is 0 Å². The van der Waals surface area contributed by atoms with E-state index in [2.05, 4.69) is 9.71 Å². The molecule has 31 heavy (non-hydrogen) atoms. The molecule has 2 aromatic carbocycles. The zero-order valence-corrected chi connectivity index (χ0v) is 17.8. The molecule has 0 bridgehead atoms. The number of anilines is 2. The average molecular weight is 439 g/mol. The molecule has 9 heteroatoms. The monoisotopic (exact) mass is 439 g/mol. The van der Waals surface area contributed by atoms with Gasteiger partial charge in [-0.1, -0.05) is 19.1 Å². The SMILES string of the molecule is CCCN1C(=O)c2cc(S(=O)(=O)Nc3ccccc3OC)ccc2Oc2cccnc21. The van der Waals surface area contributed by atoms with Gasteiger partial charge in [0, 0.05) is 12.7 Å². The second-order valence-electron chi connectivity index (χ2n) is 6.85. The molecule has 1 aliphatic rings. The smallest absolute Gasteiger partial charge is 0.263 e. The average Bonchev–Trinajstić information content (AvgIpc) is 2.88. The molecule has 3 aromatic rings. The lowest BCUT2D eigenvalue weighted by atomic mass is 10.1. The van der Waals surface area contributed by atoms with Gasteiger partial charge in [0.15, 0.2) is 11.6 Å². The van der Waals surface area contributed by atoms with Gasteiger partial charge in [0.25, 0.3) is 15.9 Å². The summed E-state index contributed by atoms with van der Waals surface area (Å²) in [5.41, 5.74) is 0.445. The Hall–Kier alpha value is -3.59.